The summed E-state index contributed by atoms with van der Waals surface area (Å²) in [6, 6.07) is 11.7. The molecule has 0 saturated heterocycles. The number of nitrogens with zero attached hydrogens (tertiary/aromatic N) is 1. The lowest BCUT2D eigenvalue weighted by Crippen LogP contribution is -2.15. The average Bonchev–Trinajstić information content (AvgIpc) is 3.01. The van der Waals surface area contributed by atoms with Gasteiger partial charge < -0.3 is 15.5 Å². The molecule has 1 aromatic carbocycles. The Labute approximate surface area is 128 Å². The van der Waals surface area contributed by atoms with Gasteiger partial charge in [-0.3, -0.25) is 4.98 Å². The fourth-order valence-electron chi connectivity index (χ4n) is 2.31. The zero-order valence-electron chi connectivity index (χ0n) is 11.5. The quantitative estimate of drug-likeness (QED) is 0.720. The van der Waals surface area contributed by atoms with Gasteiger partial charge in [0.1, 0.15) is 10.7 Å². The Hall–Kier alpha value is -2.40. The van der Waals surface area contributed by atoms with Gasteiger partial charge in [-0.1, -0.05) is 30.4 Å². The van der Waals surface area contributed by atoms with E-state index in [0.717, 1.165) is 27.9 Å². The van der Waals surface area contributed by atoms with Crippen molar-refractivity contribution in [3.05, 3.63) is 60.2 Å². The molecule has 4 nitrogen and oxygen atoms in total. The minimum absolute atomic E-state index is 0.00101. The highest BCUT2D eigenvalue weighted by Gasteiger charge is 2.15. The van der Waals surface area contributed by atoms with Crippen LogP contribution >= 0.6 is 12.2 Å². The van der Waals surface area contributed by atoms with Crippen LogP contribution in [0.15, 0.2) is 53.3 Å². The minimum Gasteiger partial charge on any atom is -0.467 e. The number of rotatable bonds is 4. The second-order valence-corrected chi connectivity index (χ2v) is 5.25. The van der Waals surface area contributed by atoms with E-state index in [9.17, 15) is 0 Å². The first-order valence-electron chi connectivity index (χ1n) is 6.64. The number of pyridine rings is 1. The third-order valence-electron chi connectivity index (χ3n) is 3.37. The maximum atomic E-state index is 5.83. The molecule has 0 radical (unpaired) electrons. The second-order valence-electron chi connectivity index (χ2n) is 4.81. The predicted molar refractivity (Wildman–Crippen MR) is 88.4 cm³/mol. The zero-order valence-corrected chi connectivity index (χ0v) is 12.4. The molecule has 5 heteroatoms. The van der Waals surface area contributed by atoms with Gasteiger partial charge in [0.15, 0.2) is 0 Å². The summed E-state index contributed by atoms with van der Waals surface area (Å²) in [7, 11) is 0. The summed E-state index contributed by atoms with van der Waals surface area (Å²) in [5, 5.41) is 4.42. The first kappa shape index (κ1) is 13.6. The minimum atomic E-state index is -0.00101. The summed E-state index contributed by atoms with van der Waals surface area (Å²) in [6.45, 7) is 2.03. The SMILES string of the molecule is CC(Nc1c(C(N)=S)cnc2ccccc12)c1ccco1. The van der Waals surface area contributed by atoms with E-state index in [2.05, 4.69) is 10.3 Å². The fraction of sp³-hybridized carbons (Fsp3) is 0.125. The smallest absolute Gasteiger partial charge is 0.125 e. The lowest BCUT2D eigenvalue weighted by atomic mass is 10.1. The van der Waals surface area contributed by atoms with Crippen LogP contribution in [0.5, 0.6) is 0 Å². The van der Waals surface area contributed by atoms with Crippen LogP contribution in [-0.2, 0) is 0 Å². The molecule has 106 valence electrons. The van der Waals surface area contributed by atoms with E-state index < -0.39 is 0 Å². The Morgan fingerprint density at radius 2 is 2.10 bits per heavy atom. The monoisotopic (exact) mass is 297 g/mol. The molecule has 0 spiro atoms. The molecule has 0 amide bonds. The van der Waals surface area contributed by atoms with Crippen LogP contribution in [-0.4, -0.2) is 9.97 Å². The lowest BCUT2D eigenvalue weighted by molar-refractivity contribution is 0.491. The van der Waals surface area contributed by atoms with Crippen LogP contribution in [0.3, 0.4) is 0 Å². The normalized spacial score (nSPS) is 12.2. The van der Waals surface area contributed by atoms with Gasteiger partial charge in [0.2, 0.25) is 0 Å². The van der Waals surface area contributed by atoms with Crippen molar-refractivity contribution in [3.8, 4) is 0 Å². The van der Waals surface area contributed by atoms with Crippen molar-refractivity contribution < 1.29 is 4.42 Å². The molecular weight excluding hydrogens is 282 g/mol. The van der Waals surface area contributed by atoms with Crippen molar-refractivity contribution in [2.45, 2.75) is 13.0 Å². The van der Waals surface area contributed by atoms with Crippen LogP contribution in [0.2, 0.25) is 0 Å². The molecule has 2 aromatic heterocycles. The van der Waals surface area contributed by atoms with E-state index in [0.29, 0.717) is 4.99 Å². The van der Waals surface area contributed by atoms with Crippen molar-refractivity contribution in [2.24, 2.45) is 5.73 Å². The molecule has 0 saturated carbocycles. The molecular formula is C16H15N3OS. The van der Waals surface area contributed by atoms with Crippen molar-refractivity contribution in [1.29, 1.82) is 0 Å². The van der Waals surface area contributed by atoms with Gasteiger partial charge in [0, 0.05) is 11.6 Å². The van der Waals surface area contributed by atoms with Crippen molar-refractivity contribution in [2.75, 3.05) is 5.32 Å². The summed E-state index contributed by atoms with van der Waals surface area (Å²) in [5.41, 5.74) is 8.35. The first-order valence-corrected chi connectivity index (χ1v) is 7.05. The number of nitrogens with two attached hydrogens (primary N) is 1. The van der Waals surface area contributed by atoms with Crippen molar-refractivity contribution in [1.82, 2.24) is 4.98 Å². The van der Waals surface area contributed by atoms with Crippen molar-refractivity contribution >= 4 is 33.8 Å². The fourth-order valence-corrected chi connectivity index (χ4v) is 2.46. The molecule has 21 heavy (non-hydrogen) atoms. The molecule has 0 aliphatic carbocycles. The number of hydrogen-bond acceptors (Lipinski definition) is 4. The van der Waals surface area contributed by atoms with E-state index >= 15 is 0 Å². The number of para-hydroxylation sites is 1. The molecule has 3 rings (SSSR count). The summed E-state index contributed by atoms with van der Waals surface area (Å²) in [4.78, 5) is 4.72. The van der Waals surface area contributed by atoms with Crippen LogP contribution in [0.1, 0.15) is 24.3 Å². The summed E-state index contributed by atoms with van der Waals surface area (Å²) in [6.07, 6.45) is 3.37. The molecule has 1 atom stereocenters. The molecule has 0 aliphatic heterocycles. The van der Waals surface area contributed by atoms with E-state index in [1.165, 1.54) is 0 Å². The number of aromatic nitrogens is 1. The number of fused-ring (bicyclic) bond motifs is 1. The Kier molecular flexibility index (Phi) is 3.58. The van der Waals surface area contributed by atoms with Gasteiger partial charge >= 0.3 is 0 Å². The molecule has 3 N–H and O–H groups in total. The Balaban J connectivity index is 2.10. The van der Waals surface area contributed by atoms with Crippen LogP contribution in [0.25, 0.3) is 10.9 Å². The van der Waals surface area contributed by atoms with Gasteiger partial charge in [-0.2, -0.15) is 0 Å². The third-order valence-corrected chi connectivity index (χ3v) is 3.59. The largest absolute Gasteiger partial charge is 0.467 e. The number of thiocarbonyl (C=S) groups is 1. The molecule has 3 aromatic rings. The third kappa shape index (κ3) is 2.60. The second kappa shape index (κ2) is 5.54. The highest BCUT2D eigenvalue weighted by Crippen LogP contribution is 2.29. The standard InChI is InChI=1S/C16H15N3OS/c1-10(14-7-4-8-20-14)19-15-11-5-2-3-6-13(11)18-9-12(15)16(17)21/h2-10H,1H3,(H2,17,21)(H,18,19). The zero-order chi connectivity index (χ0) is 14.8. The molecule has 1 unspecified atom stereocenters. The molecule has 0 fully saturated rings. The number of nitrogens with one attached hydrogen (secondary N) is 1. The Morgan fingerprint density at radius 3 is 2.81 bits per heavy atom. The van der Waals surface area contributed by atoms with E-state index in [1.54, 1.807) is 12.5 Å². The van der Waals surface area contributed by atoms with Crippen LogP contribution in [0.4, 0.5) is 5.69 Å². The van der Waals surface area contributed by atoms with E-state index in [4.69, 9.17) is 22.4 Å². The molecule has 2 heterocycles. The predicted octanol–water partition coefficient (Wildman–Crippen LogP) is 3.64. The summed E-state index contributed by atoms with van der Waals surface area (Å²) < 4.78 is 5.44. The van der Waals surface area contributed by atoms with Gasteiger partial charge in [-0.05, 0) is 25.1 Å². The van der Waals surface area contributed by atoms with Gasteiger partial charge in [0.05, 0.1) is 29.1 Å². The highest BCUT2D eigenvalue weighted by molar-refractivity contribution is 7.80. The number of furan rings is 1. The summed E-state index contributed by atoms with van der Waals surface area (Å²) >= 11 is 5.14. The van der Waals surface area contributed by atoms with Crippen LogP contribution < -0.4 is 11.1 Å². The Morgan fingerprint density at radius 1 is 1.29 bits per heavy atom. The molecule has 0 aliphatic rings. The molecule has 0 bridgehead atoms. The van der Waals surface area contributed by atoms with Gasteiger partial charge in [-0.25, -0.2) is 0 Å². The topological polar surface area (TPSA) is 64.1 Å². The number of benzene rings is 1. The Bertz CT molecular complexity index is 783. The number of anilines is 1. The highest BCUT2D eigenvalue weighted by atomic mass is 32.1. The average molecular weight is 297 g/mol. The first-order chi connectivity index (χ1) is 10.2. The van der Waals surface area contributed by atoms with Gasteiger partial charge in [0.25, 0.3) is 0 Å². The van der Waals surface area contributed by atoms with Crippen LogP contribution in [0, 0.1) is 0 Å². The maximum absolute atomic E-state index is 5.83. The number of hydrogen-bond donors (Lipinski definition) is 2. The summed E-state index contributed by atoms with van der Waals surface area (Å²) in [5.74, 6) is 0.852. The van der Waals surface area contributed by atoms with Crippen molar-refractivity contribution in [3.63, 3.8) is 0 Å². The van der Waals surface area contributed by atoms with Gasteiger partial charge in [-0.15, -0.1) is 0 Å². The van der Waals surface area contributed by atoms with E-state index in [-0.39, 0.29) is 6.04 Å². The van der Waals surface area contributed by atoms with E-state index in [1.807, 2.05) is 43.3 Å². The maximum Gasteiger partial charge on any atom is 0.125 e. The lowest BCUT2D eigenvalue weighted by Gasteiger charge is -2.18.